The minimum absolute atomic E-state index is 0.0594. The SMILES string of the molecule is COc1ccc(CNc2ccc(C(N)=S)c(F)c2)cc1. The van der Waals surface area contributed by atoms with Gasteiger partial charge >= 0.3 is 0 Å². The van der Waals surface area contributed by atoms with Gasteiger partial charge in [-0.1, -0.05) is 24.4 Å². The third-order valence-corrected chi connectivity index (χ3v) is 3.11. The van der Waals surface area contributed by atoms with Gasteiger partial charge in [-0.2, -0.15) is 0 Å². The quantitative estimate of drug-likeness (QED) is 0.831. The molecule has 0 aliphatic heterocycles. The molecule has 5 heteroatoms. The molecule has 0 bridgehead atoms. The van der Waals surface area contributed by atoms with Crippen LogP contribution in [0.1, 0.15) is 11.1 Å². The number of hydrogen-bond donors (Lipinski definition) is 2. The average Bonchev–Trinajstić information content (AvgIpc) is 2.45. The smallest absolute Gasteiger partial charge is 0.135 e. The molecule has 20 heavy (non-hydrogen) atoms. The van der Waals surface area contributed by atoms with Crippen LogP contribution in [0.2, 0.25) is 0 Å². The highest BCUT2D eigenvalue weighted by atomic mass is 32.1. The second kappa shape index (κ2) is 6.34. The zero-order valence-electron chi connectivity index (χ0n) is 11.0. The standard InChI is InChI=1S/C15H15FN2OS/c1-19-12-5-2-10(3-6-12)9-18-11-4-7-13(15(17)20)14(16)8-11/h2-8,18H,9H2,1H3,(H2,17,20). The topological polar surface area (TPSA) is 47.3 Å². The molecule has 104 valence electrons. The maximum absolute atomic E-state index is 13.7. The number of ether oxygens (including phenoxy) is 1. The van der Waals surface area contributed by atoms with Gasteiger partial charge in [-0.25, -0.2) is 4.39 Å². The zero-order chi connectivity index (χ0) is 14.5. The first-order chi connectivity index (χ1) is 9.60. The van der Waals surface area contributed by atoms with Crippen LogP contribution in [0.5, 0.6) is 5.75 Å². The Bertz CT molecular complexity index is 614. The Morgan fingerprint density at radius 3 is 2.50 bits per heavy atom. The van der Waals surface area contributed by atoms with Gasteiger partial charge in [0.25, 0.3) is 0 Å². The Morgan fingerprint density at radius 2 is 1.95 bits per heavy atom. The first kappa shape index (κ1) is 14.3. The van der Waals surface area contributed by atoms with E-state index in [0.717, 1.165) is 11.3 Å². The van der Waals surface area contributed by atoms with Crippen LogP contribution < -0.4 is 15.8 Å². The fraction of sp³-hybridized carbons (Fsp3) is 0.133. The lowest BCUT2D eigenvalue weighted by molar-refractivity contribution is 0.414. The molecule has 0 unspecified atom stereocenters. The predicted octanol–water partition coefficient (Wildman–Crippen LogP) is 3.08. The lowest BCUT2D eigenvalue weighted by Crippen LogP contribution is -2.12. The molecule has 0 aliphatic carbocycles. The number of benzene rings is 2. The second-order valence-corrected chi connectivity index (χ2v) is 4.70. The first-order valence-electron chi connectivity index (χ1n) is 6.06. The molecule has 3 nitrogen and oxygen atoms in total. The minimum atomic E-state index is -0.419. The lowest BCUT2D eigenvalue weighted by atomic mass is 10.1. The van der Waals surface area contributed by atoms with E-state index in [-0.39, 0.29) is 10.6 Å². The van der Waals surface area contributed by atoms with Gasteiger partial charge in [0.05, 0.1) is 7.11 Å². The summed E-state index contributed by atoms with van der Waals surface area (Å²) in [6.45, 7) is 0.593. The maximum atomic E-state index is 13.7. The van der Waals surface area contributed by atoms with E-state index >= 15 is 0 Å². The van der Waals surface area contributed by atoms with Crippen molar-refractivity contribution in [3.63, 3.8) is 0 Å². The van der Waals surface area contributed by atoms with Crippen molar-refractivity contribution in [1.82, 2.24) is 0 Å². The first-order valence-corrected chi connectivity index (χ1v) is 6.47. The molecule has 0 atom stereocenters. The molecule has 0 saturated carbocycles. The van der Waals surface area contributed by atoms with Gasteiger partial charge in [0.15, 0.2) is 0 Å². The summed E-state index contributed by atoms with van der Waals surface area (Å²) in [4.78, 5) is 0.0594. The van der Waals surface area contributed by atoms with Crippen LogP contribution in [-0.2, 0) is 6.54 Å². The maximum Gasteiger partial charge on any atom is 0.135 e. The molecule has 2 aromatic rings. The molecule has 0 radical (unpaired) electrons. The summed E-state index contributed by atoms with van der Waals surface area (Å²) in [5, 5.41) is 3.14. The lowest BCUT2D eigenvalue weighted by Gasteiger charge is -2.09. The van der Waals surface area contributed by atoms with Crippen LogP contribution in [0, 0.1) is 5.82 Å². The van der Waals surface area contributed by atoms with E-state index in [2.05, 4.69) is 5.32 Å². The number of rotatable bonds is 5. The second-order valence-electron chi connectivity index (χ2n) is 4.26. The van der Waals surface area contributed by atoms with Crippen LogP contribution in [0.15, 0.2) is 42.5 Å². The van der Waals surface area contributed by atoms with Crippen LogP contribution in [0.3, 0.4) is 0 Å². The Hall–Kier alpha value is -2.14. The number of methoxy groups -OCH3 is 1. The van der Waals surface area contributed by atoms with Crippen LogP contribution >= 0.6 is 12.2 Å². The van der Waals surface area contributed by atoms with Crippen molar-refractivity contribution in [2.75, 3.05) is 12.4 Å². The largest absolute Gasteiger partial charge is 0.497 e. The van der Waals surface area contributed by atoms with Crippen molar-refractivity contribution in [3.05, 3.63) is 59.4 Å². The summed E-state index contributed by atoms with van der Waals surface area (Å²) in [6, 6.07) is 12.4. The zero-order valence-corrected chi connectivity index (χ0v) is 11.8. The molecule has 0 spiro atoms. The molecule has 0 heterocycles. The number of halogens is 1. The fourth-order valence-electron chi connectivity index (χ4n) is 1.77. The number of nitrogens with two attached hydrogens (primary N) is 1. The highest BCUT2D eigenvalue weighted by molar-refractivity contribution is 7.80. The van der Waals surface area contributed by atoms with E-state index in [1.807, 2.05) is 24.3 Å². The van der Waals surface area contributed by atoms with Gasteiger partial charge in [-0.05, 0) is 35.9 Å². The molecule has 0 aliphatic rings. The van der Waals surface area contributed by atoms with E-state index in [1.165, 1.54) is 6.07 Å². The van der Waals surface area contributed by atoms with Gasteiger partial charge in [0.1, 0.15) is 16.6 Å². The Morgan fingerprint density at radius 1 is 1.25 bits per heavy atom. The van der Waals surface area contributed by atoms with Crippen LogP contribution in [0.25, 0.3) is 0 Å². The summed E-state index contributed by atoms with van der Waals surface area (Å²) < 4.78 is 18.8. The van der Waals surface area contributed by atoms with Gasteiger partial charge in [0, 0.05) is 17.8 Å². The highest BCUT2D eigenvalue weighted by Crippen LogP contribution is 2.16. The van der Waals surface area contributed by atoms with Gasteiger partial charge in [0.2, 0.25) is 0 Å². The monoisotopic (exact) mass is 290 g/mol. The number of thiocarbonyl (C=S) groups is 1. The van der Waals surface area contributed by atoms with E-state index in [0.29, 0.717) is 12.2 Å². The highest BCUT2D eigenvalue weighted by Gasteiger charge is 2.05. The molecule has 0 saturated heterocycles. The van der Waals surface area contributed by atoms with Crippen LogP contribution in [-0.4, -0.2) is 12.1 Å². The normalized spacial score (nSPS) is 10.1. The van der Waals surface area contributed by atoms with Crippen molar-refractivity contribution in [2.24, 2.45) is 5.73 Å². The molecular weight excluding hydrogens is 275 g/mol. The molecular formula is C15H15FN2OS. The van der Waals surface area contributed by atoms with Crippen molar-refractivity contribution in [1.29, 1.82) is 0 Å². The summed E-state index contributed by atoms with van der Waals surface area (Å²) in [5.74, 6) is 0.387. The molecule has 0 amide bonds. The average molecular weight is 290 g/mol. The van der Waals surface area contributed by atoms with Crippen molar-refractivity contribution >= 4 is 22.9 Å². The Labute approximate surface area is 122 Å². The number of nitrogens with one attached hydrogen (secondary N) is 1. The molecule has 3 N–H and O–H groups in total. The number of hydrogen-bond acceptors (Lipinski definition) is 3. The van der Waals surface area contributed by atoms with Crippen molar-refractivity contribution < 1.29 is 9.13 Å². The minimum Gasteiger partial charge on any atom is -0.497 e. The van der Waals surface area contributed by atoms with Crippen LogP contribution in [0.4, 0.5) is 10.1 Å². The molecule has 2 rings (SSSR count). The van der Waals surface area contributed by atoms with Gasteiger partial charge in [-0.3, -0.25) is 0 Å². The summed E-state index contributed by atoms with van der Waals surface area (Å²) in [6.07, 6.45) is 0. The van der Waals surface area contributed by atoms with Gasteiger partial charge in [-0.15, -0.1) is 0 Å². The van der Waals surface area contributed by atoms with E-state index in [9.17, 15) is 4.39 Å². The van der Waals surface area contributed by atoms with E-state index in [1.54, 1.807) is 19.2 Å². The Kier molecular flexibility index (Phi) is 4.53. The predicted molar refractivity (Wildman–Crippen MR) is 82.6 cm³/mol. The summed E-state index contributed by atoms with van der Waals surface area (Å²) in [7, 11) is 1.62. The molecule has 2 aromatic carbocycles. The third-order valence-electron chi connectivity index (χ3n) is 2.89. The van der Waals surface area contributed by atoms with E-state index in [4.69, 9.17) is 22.7 Å². The van der Waals surface area contributed by atoms with Crippen molar-refractivity contribution in [3.8, 4) is 5.75 Å². The van der Waals surface area contributed by atoms with Gasteiger partial charge < -0.3 is 15.8 Å². The molecule has 0 aromatic heterocycles. The number of anilines is 1. The summed E-state index contributed by atoms with van der Waals surface area (Å²) in [5.41, 5.74) is 7.43. The Balaban J connectivity index is 2.03. The third kappa shape index (κ3) is 3.45. The summed E-state index contributed by atoms with van der Waals surface area (Å²) >= 11 is 4.76. The van der Waals surface area contributed by atoms with E-state index < -0.39 is 5.82 Å². The van der Waals surface area contributed by atoms with Crippen molar-refractivity contribution in [2.45, 2.75) is 6.54 Å². The fourth-order valence-corrected chi connectivity index (χ4v) is 1.94. The molecule has 0 fully saturated rings.